The lowest BCUT2D eigenvalue weighted by Gasteiger charge is -2.04. The van der Waals surface area contributed by atoms with Gasteiger partial charge < -0.3 is 0 Å². The van der Waals surface area contributed by atoms with Gasteiger partial charge in [0, 0.05) is 5.56 Å². The molecule has 1 heterocycles. The van der Waals surface area contributed by atoms with Gasteiger partial charge in [0.15, 0.2) is 5.15 Å². The van der Waals surface area contributed by atoms with Crippen LogP contribution in [-0.2, 0) is 0 Å². The number of aryl methyl sites for hydroxylation is 1. The lowest BCUT2D eigenvalue weighted by molar-refractivity contribution is 0.0954. The number of carbonyl (C=O) groups excluding carboxylic acids is 1. The molecule has 1 amide bonds. The van der Waals surface area contributed by atoms with Crippen LogP contribution in [0, 0.1) is 13.8 Å². The summed E-state index contributed by atoms with van der Waals surface area (Å²) in [5.41, 5.74) is 6.41. The van der Waals surface area contributed by atoms with E-state index >= 15 is 0 Å². The van der Waals surface area contributed by atoms with Gasteiger partial charge in [-0.1, -0.05) is 48.0 Å². The summed E-state index contributed by atoms with van der Waals surface area (Å²) in [7, 11) is 0. The number of hydrogen-bond acceptors (Lipinski definition) is 3. The average Bonchev–Trinajstić information content (AvgIpc) is 2.91. The first-order chi connectivity index (χ1) is 12.1. The van der Waals surface area contributed by atoms with Gasteiger partial charge in [-0.15, -0.1) is 0 Å². The van der Waals surface area contributed by atoms with Crippen molar-refractivity contribution >= 4 is 23.7 Å². The van der Waals surface area contributed by atoms with Gasteiger partial charge in [-0.3, -0.25) is 4.79 Å². The van der Waals surface area contributed by atoms with E-state index in [9.17, 15) is 4.79 Å². The van der Waals surface area contributed by atoms with Crippen molar-refractivity contribution in [1.29, 1.82) is 0 Å². The first kappa shape index (κ1) is 16.9. The summed E-state index contributed by atoms with van der Waals surface area (Å²) in [5.74, 6) is -0.265. The lowest BCUT2D eigenvalue weighted by Crippen LogP contribution is -2.18. The smallest absolute Gasteiger partial charge is 0.267 e. The number of benzene rings is 2. The number of nitrogens with zero attached hydrogens (tertiary/aromatic N) is 3. The number of rotatable bonds is 4. The second kappa shape index (κ2) is 7.32. The number of hydrazone groups is 1. The number of hydrogen-bond donors (Lipinski definition) is 1. The normalized spacial score (nSPS) is 11.0. The average molecular weight is 353 g/mol. The molecule has 0 aliphatic carbocycles. The van der Waals surface area contributed by atoms with Crippen LogP contribution in [0.2, 0.25) is 5.15 Å². The van der Waals surface area contributed by atoms with Crippen molar-refractivity contribution in [1.82, 2.24) is 15.2 Å². The summed E-state index contributed by atoms with van der Waals surface area (Å²) < 4.78 is 1.74. The minimum absolute atomic E-state index is 0.265. The topological polar surface area (TPSA) is 59.3 Å². The second-order valence-electron chi connectivity index (χ2n) is 5.55. The van der Waals surface area contributed by atoms with Crippen LogP contribution in [0.25, 0.3) is 5.69 Å². The standard InChI is InChI=1S/C19H17ClN4O/c1-13-8-6-7-11-16(13)19(25)22-21-12-17-14(2)24(23-18(17)20)15-9-4-3-5-10-15/h3-12H,1-2H3,(H,22,25)/b21-12-. The Bertz CT molecular complexity index is 932. The van der Waals surface area contributed by atoms with Crippen LogP contribution in [0.4, 0.5) is 0 Å². The fourth-order valence-corrected chi connectivity index (χ4v) is 2.75. The molecule has 0 aliphatic heterocycles. The first-order valence-electron chi connectivity index (χ1n) is 7.77. The Labute approximate surface area is 150 Å². The molecule has 126 valence electrons. The predicted molar refractivity (Wildman–Crippen MR) is 99.6 cm³/mol. The molecule has 25 heavy (non-hydrogen) atoms. The van der Waals surface area contributed by atoms with Crippen molar-refractivity contribution in [3.05, 3.63) is 82.1 Å². The lowest BCUT2D eigenvalue weighted by atomic mass is 10.1. The van der Waals surface area contributed by atoms with E-state index in [1.165, 1.54) is 6.21 Å². The molecule has 0 fully saturated rings. The fraction of sp³-hybridized carbons (Fsp3) is 0.105. The molecule has 0 radical (unpaired) electrons. The molecule has 3 rings (SSSR count). The largest absolute Gasteiger partial charge is 0.271 e. The van der Waals surface area contributed by atoms with E-state index in [1.54, 1.807) is 10.7 Å². The van der Waals surface area contributed by atoms with Crippen LogP contribution in [0.3, 0.4) is 0 Å². The van der Waals surface area contributed by atoms with Crippen molar-refractivity contribution in [3.8, 4) is 5.69 Å². The second-order valence-corrected chi connectivity index (χ2v) is 5.91. The van der Waals surface area contributed by atoms with Crippen LogP contribution in [0.1, 0.15) is 27.2 Å². The molecule has 6 heteroatoms. The summed E-state index contributed by atoms with van der Waals surface area (Å²) in [4.78, 5) is 12.2. The molecule has 0 aliphatic rings. The van der Waals surface area contributed by atoms with Crippen LogP contribution >= 0.6 is 11.6 Å². The molecule has 2 aromatic carbocycles. The van der Waals surface area contributed by atoms with E-state index in [0.29, 0.717) is 16.3 Å². The van der Waals surface area contributed by atoms with E-state index < -0.39 is 0 Å². The zero-order valence-corrected chi connectivity index (χ0v) is 14.7. The molecule has 5 nitrogen and oxygen atoms in total. The van der Waals surface area contributed by atoms with E-state index in [4.69, 9.17) is 11.6 Å². The monoisotopic (exact) mass is 352 g/mol. The molecule has 0 atom stereocenters. The van der Waals surface area contributed by atoms with Gasteiger partial charge in [-0.25, -0.2) is 10.1 Å². The number of amides is 1. The Balaban J connectivity index is 1.80. The van der Waals surface area contributed by atoms with Gasteiger partial charge in [0.1, 0.15) is 0 Å². The summed E-state index contributed by atoms with van der Waals surface area (Å²) >= 11 is 6.22. The molecular weight excluding hydrogens is 336 g/mol. The van der Waals surface area contributed by atoms with Gasteiger partial charge in [0.25, 0.3) is 5.91 Å². The Kier molecular flexibility index (Phi) is 4.95. The maximum absolute atomic E-state index is 12.2. The van der Waals surface area contributed by atoms with Crippen molar-refractivity contribution in [3.63, 3.8) is 0 Å². The number of halogens is 1. The zero-order valence-electron chi connectivity index (χ0n) is 13.9. The SMILES string of the molecule is Cc1ccccc1C(=O)N/N=C\c1c(Cl)nn(-c2ccccc2)c1C. The molecule has 0 spiro atoms. The Morgan fingerprint density at radius 2 is 1.80 bits per heavy atom. The number of carbonyl (C=O) groups is 1. The minimum atomic E-state index is -0.265. The highest BCUT2D eigenvalue weighted by atomic mass is 35.5. The number of aromatic nitrogens is 2. The van der Waals surface area contributed by atoms with Crippen LogP contribution in [0.15, 0.2) is 59.7 Å². The van der Waals surface area contributed by atoms with Crippen LogP contribution in [0.5, 0.6) is 0 Å². The minimum Gasteiger partial charge on any atom is -0.267 e. The van der Waals surface area contributed by atoms with E-state index in [1.807, 2.05) is 62.4 Å². The molecular formula is C19H17ClN4O. The van der Waals surface area contributed by atoms with Gasteiger partial charge in [-0.2, -0.15) is 10.2 Å². The highest BCUT2D eigenvalue weighted by Gasteiger charge is 2.13. The molecule has 1 aromatic heterocycles. The number of nitrogens with one attached hydrogen (secondary N) is 1. The summed E-state index contributed by atoms with van der Waals surface area (Å²) in [6.07, 6.45) is 1.51. The first-order valence-corrected chi connectivity index (χ1v) is 8.15. The van der Waals surface area contributed by atoms with Crippen molar-refractivity contribution < 1.29 is 4.79 Å². The Morgan fingerprint density at radius 1 is 1.12 bits per heavy atom. The molecule has 0 bridgehead atoms. The van der Waals surface area contributed by atoms with Crippen LogP contribution in [-0.4, -0.2) is 21.9 Å². The zero-order chi connectivity index (χ0) is 17.8. The van der Waals surface area contributed by atoms with Crippen molar-refractivity contribution in [2.75, 3.05) is 0 Å². The quantitative estimate of drug-likeness (QED) is 0.571. The maximum atomic E-state index is 12.2. The van der Waals surface area contributed by atoms with Crippen molar-refractivity contribution in [2.24, 2.45) is 5.10 Å². The van der Waals surface area contributed by atoms with Gasteiger partial charge in [0.2, 0.25) is 0 Å². The summed E-state index contributed by atoms with van der Waals surface area (Å²) in [6, 6.07) is 17.0. The molecule has 1 N–H and O–H groups in total. The predicted octanol–water partition coefficient (Wildman–Crippen LogP) is 3.91. The highest BCUT2D eigenvalue weighted by Crippen LogP contribution is 2.20. The molecule has 0 saturated carbocycles. The van der Waals surface area contributed by atoms with Crippen LogP contribution < -0.4 is 5.43 Å². The van der Waals surface area contributed by atoms with Gasteiger partial charge in [0.05, 0.1) is 23.2 Å². The molecule has 3 aromatic rings. The van der Waals surface area contributed by atoms with Gasteiger partial charge >= 0.3 is 0 Å². The van der Waals surface area contributed by atoms with Crippen molar-refractivity contribution in [2.45, 2.75) is 13.8 Å². The maximum Gasteiger partial charge on any atom is 0.271 e. The third kappa shape index (κ3) is 3.61. The molecule has 0 saturated heterocycles. The Morgan fingerprint density at radius 3 is 2.52 bits per heavy atom. The Hall–Kier alpha value is -2.92. The van der Waals surface area contributed by atoms with E-state index in [-0.39, 0.29) is 5.91 Å². The fourth-order valence-electron chi connectivity index (χ4n) is 2.49. The number of para-hydroxylation sites is 1. The third-order valence-electron chi connectivity index (χ3n) is 3.87. The highest BCUT2D eigenvalue weighted by molar-refractivity contribution is 6.32. The van der Waals surface area contributed by atoms with E-state index in [2.05, 4.69) is 15.6 Å². The summed E-state index contributed by atoms with van der Waals surface area (Å²) in [6.45, 7) is 3.78. The third-order valence-corrected chi connectivity index (χ3v) is 4.15. The van der Waals surface area contributed by atoms with Gasteiger partial charge in [-0.05, 0) is 37.6 Å². The van der Waals surface area contributed by atoms with E-state index in [0.717, 1.165) is 16.9 Å². The summed E-state index contributed by atoms with van der Waals surface area (Å²) in [5, 5.41) is 8.68. The molecule has 0 unspecified atom stereocenters.